The van der Waals surface area contributed by atoms with Crippen molar-refractivity contribution in [3.8, 4) is 0 Å². The first-order chi connectivity index (χ1) is 8.06. The van der Waals surface area contributed by atoms with Crippen LogP contribution >= 0.6 is 11.3 Å². The van der Waals surface area contributed by atoms with E-state index in [2.05, 4.69) is 10.3 Å². The van der Waals surface area contributed by atoms with Crippen LogP contribution in [-0.4, -0.2) is 31.0 Å². The van der Waals surface area contributed by atoms with Gasteiger partial charge in [0.2, 0.25) is 0 Å². The highest BCUT2D eigenvalue weighted by atomic mass is 32.1. The molecule has 0 atom stereocenters. The number of nitrogens with one attached hydrogen (secondary N) is 1. The Bertz CT molecular complexity index is 377. The molecule has 1 aromatic heterocycles. The Morgan fingerprint density at radius 1 is 1.53 bits per heavy atom. The minimum Gasteiger partial charge on any atom is -0.345 e. The molecular weight excluding hydrogens is 244 g/mol. The van der Waals surface area contributed by atoms with Crippen LogP contribution in [0.5, 0.6) is 0 Å². The van der Waals surface area contributed by atoms with Gasteiger partial charge in [0.25, 0.3) is 6.43 Å². The highest BCUT2D eigenvalue weighted by Crippen LogP contribution is 2.27. The fraction of sp³-hybridized carbons (Fsp3) is 0.727. The number of halogens is 2. The van der Waals surface area contributed by atoms with Crippen LogP contribution < -0.4 is 10.2 Å². The summed E-state index contributed by atoms with van der Waals surface area (Å²) in [6.45, 7) is 2.47. The molecule has 0 saturated heterocycles. The van der Waals surface area contributed by atoms with Crippen LogP contribution in [0.1, 0.15) is 23.4 Å². The Kier molecular flexibility index (Phi) is 3.93. The molecule has 1 saturated carbocycles. The fourth-order valence-corrected chi connectivity index (χ4v) is 2.53. The first kappa shape index (κ1) is 12.7. The van der Waals surface area contributed by atoms with E-state index in [-0.39, 0.29) is 6.54 Å². The van der Waals surface area contributed by atoms with Crippen molar-refractivity contribution in [3.63, 3.8) is 0 Å². The van der Waals surface area contributed by atoms with Gasteiger partial charge in [-0.2, -0.15) is 0 Å². The highest BCUT2D eigenvalue weighted by molar-refractivity contribution is 7.15. The molecule has 17 heavy (non-hydrogen) atoms. The van der Waals surface area contributed by atoms with E-state index in [1.165, 1.54) is 29.1 Å². The van der Waals surface area contributed by atoms with Crippen LogP contribution in [0.15, 0.2) is 0 Å². The van der Waals surface area contributed by atoms with Gasteiger partial charge in [0.15, 0.2) is 5.13 Å². The second-order valence-corrected chi connectivity index (χ2v) is 5.49. The molecular formula is C11H17F2N3S. The molecule has 0 radical (unpaired) electrons. The van der Waals surface area contributed by atoms with Crippen molar-refractivity contribution in [1.29, 1.82) is 0 Å². The number of alkyl halides is 2. The molecule has 2 rings (SSSR count). The highest BCUT2D eigenvalue weighted by Gasteiger charge is 2.21. The van der Waals surface area contributed by atoms with Crippen molar-refractivity contribution in [1.82, 2.24) is 10.3 Å². The van der Waals surface area contributed by atoms with Crippen molar-refractivity contribution < 1.29 is 8.78 Å². The van der Waals surface area contributed by atoms with Gasteiger partial charge in [-0.25, -0.2) is 13.8 Å². The fourth-order valence-electron chi connectivity index (χ4n) is 1.55. The van der Waals surface area contributed by atoms with E-state index < -0.39 is 6.43 Å². The Morgan fingerprint density at radius 2 is 2.24 bits per heavy atom. The van der Waals surface area contributed by atoms with Gasteiger partial charge in [-0.3, -0.25) is 0 Å². The SMILES string of the molecule is Cc1nc(N(C)CC(F)F)sc1CNC1CC1. The van der Waals surface area contributed by atoms with Gasteiger partial charge in [0, 0.05) is 24.5 Å². The molecule has 1 N–H and O–H groups in total. The average Bonchev–Trinajstić information content (AvgIpc) is 2.99. The number of hydrogen-bond acceptors (Lipinski definition) is 4. The molecule has 0 aliphatic heterocycles. The zero-order chi connectivity index (χ0) is 12.4. The van der Waals surface area contributed by atoms with Crippen molar-refractivity contribution >= 4 is 16.5 Å². The average molecular weight is 261 g/mol. The molecule has 1 aliphatic carbocycles. The zero-order valence-electron chi connectivity index (χ0n) is 10.0. The molecule has 3 nitrogen and oxygen atoms in total. The molecule has 0 bridgehead atoms. The number of aromatic nitrogens is 1. The lowest BCUT2D eigenvalue weighted by Gasteiger charge is -2.14. The summed E-state index contributed by atoms with van der Waals surface area (Å²) in [5, 5.41) is 4.09. The van der Waals surface area contributed by atoms with E-state index in [9.17, 15) is 8.78 Å². The third-order valence-electron chi connectivity index (χ3n) is 2.75. The molecule has 1 fully saturated rings. The van der Waals surface area contributed by atoms with Gasteiger partial charge in [-0.1, -0.05) is 0 Å². The summed E-state index contributed by atoms with van der Waals surface area (Å²) in [6.07, 6.45) is 0.170. The molecule has 1 aliphatic rings. The second kappa shape index (κ2) is 5.27. The molecule has 0 spiro atoms. The van der Waals surface area contributed by atoms with E-state index in [0.717, 1.165) is 17.1 Å². The van der Waals surface area contributed by atoms with Gasteiger partial charge >= 0.3 is 0 Å². The van der Waals surface area contributed by atoms with Crippen LogP contribution in [-0.2, 0) is 6.54 Å². The van der Waals surface area contributed by atoms with E-state index in [0.29, 0.717) is 11.2 Å². The van der Waals surface area contributed by atoms with Gasteiger partial charge in [0.05, 0.1) is 12.2 Å². The Balaban J connectivity index is 1.95. The minimum atomic E-state index is -2.32. The molecule has 0 aromatic carbocycles. The lowest BCUT2D eigenvalue weighted by Crippen LogP contribution is -2.23. The number of anilines is 1. The number of nitrogens with zero attached hydrogens (tertiary/aromatic N) is 2. The number of aryl methyl sites for hydroxylation is 1. The molecule has 1 heterocycles. The standard InChI is InChI=1S/C11H17F2N3S/c1-7-9(5-14-8-3-4-8)17-11(15-7)16(2)6-10(12)13/h8,10,14H,3-6H2,1-2H3. The van der Waals surface area contributed by atoms with E-state index in [1.54, 1.807) is 7.05 Å². The molecule has 6 heteroatoms. The number of hydrogen-bond donors (Lipinski definition) is 1. The summed E-state index contributed by atoms with van der Waals surface area (Å²) in [7, 11) is 1.66. The third kappa shape index (κ3) is 3.61. The third-order valence-corrected chi connectivity index (χ3v) is 4.02. The van der Waals surface area contributed by atoms with Crippen LogP contribution in [0.25, 0.3) is 0 Å². The monoisotopic (exact) mass is 261 g/mol. The van der Waals surface area contributed by atoms with E-state index >= 15 is 0 Å². The summed E-state index contributed by atoms with van der Waals surface area (Å²) >= 11 is 1.50. The van der Waals surface area contributed by atoms with Crippen LogP contribution in [0, 0.1) is 6.92 Å². The first-order valence-corrected chi connectivity index (χ1v) is 6.57. The van der Waals surface area contributed by atoms with Crippen molar-refractivity contribution in [2.75, 3.05) is 18.5 Å². The Hall–Kier alpha value is -0.750. The summed E-state index contributed by atoms with van der Waals surface area (Å²) in [6, 6.07) is 0.652. The first-order valence-electron chi connectivity index (χ1n) is 5.75. The normalized spacial score (nSPS) is 15.6. The van der Waals surface area contributed by atoms with Crippen molar-refractivity contribution in [2.45, 2.75) is 38.8 Å². The lowest BCUT2D eigenvalue weighted by atomic mass is 10.4. The van der Waals surface area contributed by atoms with Gasteiger partial charge in [0.1, 0.15) is 0 Å². The summed E-state index contributed by atoms with van der Waals surface area (Å²) in [5.41, 5.74) is 0.944. The predicted molar refractivity (Wildman–Crippen MR) is 66.0 cm³/mol. The van der Waals surface area contributed by atoms with Crippen molar-refractivity contribution in [2.24, 2.45) is 0 Å². The summed E-state index contributed by atoms with van der Waals surface area (Å²) < 4.78 is 24.5. The molecule has 0 unspecified atom stereocenters. The van der Waals surface area contributed by atoms with Crippen molar-refractivity contribution in [3.05, 3.63) is 10.6 Å². The van der Waals surface area contributed by atoms with Crippen LogP contribution in [0.4, 0.5) is 13.9 Å². The Labute approximate surface area is 104 Å². The van der Waals surface area contributed by atoms with Gasteiger partial charge in [-0.15, -0.1) is 11.3 Å². The maximum Gasteiger partial charge on any atom is 0.255 e. The molecule has 1 aromatic rings. The molecule has 96 valence electrons. The van der Waals surface area contributed by atoms with Gasteiger partial charge in [-0.05, 0) is 19.8 Å². The van der Waals surface area contributed by atoms with E-state index in [4.69, 9.17) is 0 Å². The lowest BCUT2D eigenvalue weighted by molar-refractivity contribution is 0.156. The smallest absolute Gasteiger partial charge is 0.255 e. The minimum absolute atomic E-state index is 0.261. The topological polar surface area (TPSA) is 28.2 Å². The van der Waals surface area contributed by atoms with Crippen LogP contribution in [0.3, 0.4) is 0 Å². The maximum absolute atomic E-state index is 12.3. The summed E-state index contributed by atoms with van der Waals surface area (Å²) in [4.78, 5) is 7.00. The van der Waals surface area contributed by atoms with E-state index in [1.807, 2.05) is 6.92 Å². The molecule has 0 amide bonds. The largest absolute Gasteiger partial charge is 0.345 e. The number of thiazole rings is 1. The van der Waals surface area contributed by atoms with Crippen LogP contribution in [0.2, 0.25) is 0 Å². The maximum atomic E-state index is 12.3. The number of rotatable bonds is 6. The van der Waals surface area contributed by atoms with Gasteiger partial charge < -0.3 is 10.2 Å². The summed E-state index contributed by atoms with van der Waals surface area (Å²) in [5.74, 6) is 0. The predicted octanol–water partition coefficient (Wildman–Crippen LogP) is 2.40. The Morgan fingerprint density at radius 3 is 2.82 bits per heavy atom. The quantitative estimate of drug-likeness (QED) is 0.852. The second-order valence-electron chi connectivity index (χ2n) is 4.43. The zero-order valence-corrected chi connectivity index (χ0v) is 10.9.